The van der Waals surface area contributed by atoms with Gasteiger partial charge in [0.1, 0.15) is 0 Å². The van der Waals surface area contributed by atoms with Gasteiger partial charge in [0.05, 0.1) is 11.8 Å². The minimum atomic E-state index is -0.809. The first-order valence-electron chi connectivity index (χ1n) is 8.11. The number of carboxylic acids is 1. The molecule has 0 aliphatic heterocycles. The van der Waals surface area contributed by atoms with Crippen molar-refractivity contribution in [2.24, 2.45) is 17.8 Å². The van der Waals surface area contributed by atoms with Crippen LogP contribution in [0.1, 0.15) is 51.9 Å². The van der Waals surface area contributed by atoms with E-state index >= 15 is 0 Å². The first kappa shape index (κ1) is 16.7. The molecule has 0 heterocycles. The van der Waals surface area contributed by atoms with Crippen molar-refractivity contribution in [3.8, 4) is 0 Å². The van der Waals surface area contributed by atoms with Crippen LogP contribution in [0.4, 0.5) is 0 Å². The molecule has 0 aromatic heterocycles. The Morgan fingerprint density at radius 2 is 1.90 bits per heavy atom. The van der Waals surface area contributed by atoms with Crippen LogP contribution < -0.4 is 5.32 Å². The van der Waals surface area contributed by atoms with Crippen LogP contribution in [-0.2, 0) is 9.59 Å². The number of thioether (sulfide) groups is 1. The maximum atomic E-state index is 12.5. The number of rotatable bonds is 5. The van der Waals surface area contributed by atoms with E-state index in [9.17, 15) is 14.7 Å². The van der Waals surface area contributed by atoms with Gasteiger partial charge in [0.25, 0.3) is 0 Å². The number of amides is 1. The summed E-state index contributed by atoms with van der Waals surface area (Å²) < 4.78 is 0. The second-order valence-electron chi connectivity index (χ2n) is 6.53. The Kier molecular flexibility index (Phi) is 5.97. The highest BCUT2D eigenvalue weighted by molar-refractivity contribution is 7.99. The molecule has 2 fully saturated rings. The average Bonchev–Trinajstić information content (AvgIpc) is 2.92. The molecule has 0 aromatic carbocycles. The lowest BCUT2D eigenvalue weighted by atomic mass is 9.92. The highest BCUT2D eigenvalue weighted by atomic mass is 32.2. The third kappa shape index (κ3) is 4.15. The molecule has 4 nitrogen and oxygen atoms in total. The van der Waals surface area contributed by atoms with Crippen LogP contribution in [0, 0.1) is 17.8 Å². The van der Waals surface area contributed by atoms with Crippen molar-refractivity contribution >= 4 is 23.6 Å². The summed E-state index contributed by atoms with van der Waals surface area (Å²) in [5.74, 6) is -1.27. The summed E-state index contributed by atoms with van der Waals surface area (Å²) in [6, 6.07) is 0.235. The molecule has 2 aliphatic rings. The molecule has 120 valence electrons. The van der Waals surface area contributed by atoms with Gasteiger partial charge in [0.15, 0.2) is 0 Å². The first-order valence-corrected chi connectivity index (χ1v) is 9.39. The molecule has 0 radical (unpaired) electrons. The Labute approximate surface area is 131 Å². The van der Waals surface area contributed by atoms with Gasteiger partial charge in [-0.1, -0.05) is 19.8 Å². The summed E-state index contributed by atoms with van der Waals surface area (Å²) in [5, 5.41) is 13.1. The van der Waals surface area contributed by atoms with Gasteiger partial charge in [0, 0.05) is 11.3 Å². The van der Waals surface area contributed by atoms with Crippen molar-refractivity contribution in [1.82, 2.24) is 5.32 Å². The summed E-state index contributed by atoms with van der Waals surface area (Å²) in [4.78, 5) is 23.9. The van der Waals surface area contributed by atoms with Gasteiger partial charge in [0.2, 0.25) is 5.91 Å². The number of carbonyl (C=O) groups is 2. The highest BCUT2D eigenvalue weighted by Gasteiger charge is 2.42. The summed E-state index contributed by atoms with van der Waals surface area (Å²) in [6.07, 6.45) is 8.91. The minimum Gasteiger partial charge on any atom is -0.481 e. The van der Waals surface area contributed by atoms with Crippen molar-refractivity contribution in [2.75, 3.05) is 6.26 Å². The van der Waals surface area contributed by atoms with E-state index in [1.807, 2.05) is 11.8 Å². The van der Waals surface area contributed by atoms with E-state index in [4.69, 9.17) is 0 Å². The van der Waals surface area contributed by atoms with E-state index in [0.717, 1.165) is 32.1 Å². The molecule has 0 spiro atoms. The second kappa shape index (κ2) is 7.52. The molecular formula is C16H27NO3S. The molecule has 2 rings (SSSR count). The Bertz CT molecular complexity index is 388. The van der Waals surface area contributed by atoms with Crippen molar-refractivity contribution in [3.05, 3.63) is 0 Å². The van der Waals surface area contributed by atoms with Crippen molar-refractivity contribution < 1.29 is 14.7 Å². The molecule has 5 atom stereocenters. The van der Waals surface area contributed by atoms with Crippen LogP contribution in [0.15, 0.2) is 0 Å². The predicted octanol–water partition coefficient (Wildman–Crippen LogP) is 2.91. The van der Waals surface area contributed by atoms with Crippen LogP contribution in [0.2, 0.25) is 0 Å². The zero-order chi connectivity index (χ0) is 15.4. The number of nitrogens with one attached hydrogen (secondary N) is 1. The zero-order valence-electron chi connectivity index (χ0n) is 13.0. The van der Waals surface area contributed by atoms with Crippen LogP contribution in [0.25, 0.3) is 0 Å². The second-order valence-corrected chi connectivity index (χ2v) is 7.66. The summed E-state index contributed by atoms with van der Waals surface area (Å²) in [7, 11) is 0. The Balaban J connectivity index is 1.93. The third-order valence-corrected chi connectivity index (χ3v) is 6.29. The van der Waals surface area contributed by atoms with Gasteiger partial charge in [-0.15, -0.1) is 0 Å². The monoisotopic (exact) mass is 313 g/mol. The molecule has 2 saturated carbocycles. The van der Waals surface area contributed by atoms with Gasteiger partial charge in [-0.05, 0) is 44.3 Å². The average molecular weight is 313 g/mol. The third-order valence-electron chi connectivity index (χ3n) is 5.20. The molecule has 0 aromatic rings. The lowest BCUT2D eigenvalue weighted by Crippen LogP contribution is -2.43. The predicted molar refractivity (Wildman–Crippen MR) is 85.3 cm³/mol. The SMILES string of the molecule is CCC1CC(C(=O)O)C(C(=O)NC2CCCC(SC)C2)C1. The van der Waals surface area contributed by atoms with Gasteiger partial charge >= 0.3 is 5.97 Å². The maximum Gasteiger partial charge on any atom is 0.307 e. The molecule has 0 saturated heterocycles. The smallest absolute Gasteiger partial charge is 0.307 e. The topological polar surface area (TPSA) is 66.4 Å². The quantitative estimate of drug-likeness (QED) is 0.819. The first-order chi connectivity index (χ1) is 10.0. The van der Waals surface area contributed by atoms with E-state index in [1.54, 1.807) is 0 Å². The normalized spacial score (nSPS) is 36.4. The fourth-order valence-corrected chi connectivity index (χ4v) is 4.66. The Morgan fingerprint density at radius 3 is 2.52 bits per heavy atom. The zero-order valence-corrected chi connectivity index (χ0v) is 13.8. The van der Waals surface area contributed by atoms with Crippen LogP contribution in [0.5, 0.6) is 0 Å². The number of carbonyl (C=O) groups excluding carboxylic acids is 1. The maximum absolute atomic E-state index is 12.5. The van der Waals surface area contributed by atoms with Crippen molar-refractivity contribution in [2.45, 2.75) is 63.2 Å². The lowest BCUT2D eigenvalue weighted by molar-refractivity contribution is -0.146. The van der Waals surface area contributed by atoms with Gasteiger partial charge < -0.3 is 10.4 Å². The van der Waals surface area contributed by atoms with E-state index in [-0.39, 0.29) is 17.9 Å². The van der Waals surface area contributed by atoms with E-state index < -0.39 is 11.9 Å². The van der Waals surface area contributed by atoms with E-state index in [1.165, 1.54) is 6.42 Å². The van der Waals surface area contributed by atoms with Crippen LogP contribution >= 0.6 is 11.8 Å². The van der Waals surface area contributed by atoms with Gasteiger partial charge in [-0.3, -0.25) is 9.59 Å². The number of aliphatic carboxylic acids is 1. The van der Waals surface area contributed by atoms with E-state index in [0.29, 0.717) is 17.6 Å². The van der Waals surface area contributed by atoms with Crippen LogP contribution in [-0.4, -0.2) is 34.5 Å². The number of hydrogen-bond acceptors (Lipinski definition) is 3. The Morgan fingerprint density at radius 1 is 1.19 bits per heavy atom. The van der Waals surface area contributed by atoms with Gasteiger partial charge in [-0.25, -0.2) is 0 Å². The highest BCUT2D eigenvalue weighted by Crippen LogP contribution is 2.39. The standard InChI is InChI=1S/C16H27NO3S/c1-3-10-7-13(14(8-10)16(19)20)15(18)17-11-5-4-6-12(9-11)21-2/h10-14H,3-9H2,1-2H3,(H,17,18)(H,19,20). The van der Waals surface area contributed by atoms with Crippen molar-refractivity contribution in [3.63, 3.8) is 0 Å². The fraction of sp³-hybridized carbons (Fsp3) is 0.875. The van der Waals surface area contributed by atoms with Crippen LogP contribution in [0.3, 0.4) is 0 Å². The van der Waals surface area contributed by atoms with Crippen molar-refractivity contribution in [1.29, 1.82) is 0 Å². The summed E-state index contributed by atoms with van der Waals surface area (Å²) in [5.41, 5.74) is 0. The number of hydrogen-bond donors (Lipinski definition) is 2. The number of carboxylic acid groups (broad SMARTS) is 1. The molecule has 21 heavy (non-hydrogen) atoms. The molecule has 0 bridgehead atoms. The summed E-state index contributed by atoms with van der Waals surface area (Å²) >= 11 is 1.87. The molecular weight excluding hydrogens is 286 g/mol. The summed E-state index contributed by atoms with van der Waals surface area (Å²) in [6.45, 7) is 2.08. The molecule has 2 aliphatic carbocycles. The fourth-order valence-electron chi connectivity index (χ4n) is 3.84. The van der Waals surface area contributed by atoms with Gasteiger partial charge in [-0.2, -0.15) is 11.8 Å². The molecule has 5 unspecified atom stereocenters. The minimum absolute atomic E-state index is 0.0231. The molecule has 1 amide bonds. The molecule has 2 N–H and O–H groups in total. The Hall–Kier alpha value is -0.710. The molecule has 5 heteroatoms. The lowest BCUT2D eigenvalue weighted by Gasteiger charge is -2.30. The van der Waals surface area contributed by atoms with E-state index in [2.05, 4.69) is 18.5 Å². The largest absolute Gasteiger partial charge is 0.481 e.